The molecule has 0 aliphatic carbocycles. The number of pyridine rings is 1. The molecule has 0 radical (unpaired) electrons. The smallest absolute Gasteiger partial charge is 0.198 e. The first-order chi connectivity index (χ1) is 13.6. The number of hydrogen-bond acceptors (Lipinski definition) is 1. The largest absolute Gasteiger partial charge is 0.354 e. The van der Waals surface area contributed by atoms with Gasteiger partial charge in [0.05, 0.1) is 16.8 Å². The quantitative estimate of drug-likeness (QED) is 0.451. The third-order valence-electron chi connectivity index (χ3n) is 5.11. The molecule has 0 atom stereocenters. The SMILES string of the molecule is CC(C)=C(c1ccccc1)c1c(-c2ccccc2)[nH]c2cccc(C)c2c1=O. The maximum absolute atomic E-state index is 13.8. The highest BCUT2D eigenvalue weighted by molar-refractivity contribution is 5.95. The Bertz CT molecular complexity index is 1230. The van der Waals surface area contributed by atoms with Gasteiger partial charge in [-0.1, -0.05) is 78.4 Å². The van der Waals surface area contributed by atoms with Crippen molar-refractivity contribution in [1.82, 2.24) is 4.98 Å². The van der Waals surface area contributed by atoms with Crippen molar-refractivity contribution in [2.24, 2.45) is 0 Å². The van der Waals surface area contributed by atoms with Crippen LogP contribution in [0.1, 0.15) is 30.5 Å². The number of benzene rings is 3. The van der Waals surface area contributed by atoms with Crippen LogP contribution in [0.25, 0.3) is 27.7 Å². The molecule has 0 saturated carbocycles. The van der Waals surface area contributed by atoms with Gasteiger partial charge in [-0.2, -0.15) is 0 Å². The van der Waals surface area contributed by atoms with Gasteiger partial charge in [0.25, 0.3) is 0 Å². The van der Waals surface area contributed by atoms with Crippen molar-refractivity contribution in [3.8, 4) is 11.3 Å². The number of nitrogens with one attached hydrogen (secondary N) is 1. The fraction of sp³-hybridized carbons (Fsp3) is 0.115. The molecule has 3 aromatic carbocycles. The summed E-state index contributed by atoms with van der Waals surface area (Å²) in [4.78, 5) is 17.4. The van der Waals surface area contributed by atoms with Gasteiger partial charge >= 0.3 is 0 Å². The first kappa shape index (κ1) is 18.0. The van der Waals surface area contributed by atoms with E-state index in [9.17, 15) is 4.79 Å². The second kappa shape index (κ2) is 7.32. The van der Waals surface area contributed by atoms with Crippen LogP contribution in [0.2, 0.25) is 0 Å². The number of rotatable bonds is 3. The molecule has 2 nitrogen and oxygen atoms in total. The molecule has 0 amide bonds. The number of fused-ring (bicyclic) bond motifs is 1. The van der Waals surface area contributed by atoms with E-state index in [2.05, 4.69) is 31.0 Å². The van der Waals surface area contributed by atoms with Crippen LogP contribution in [0.4, 0.5) is 0 Å². The lowest BCUT2D eigenvalue weighted by Gasteiger charge is -2.17. The van der Waals surface area contributed by atoms with Gasteiger partial charge in [-0.25, -0.2) is 0 Å². The van der Waals surface area contributed by atoms with Crippen LogP contribution in [0, 0.1) is 6.92 Å². The molecule has 1 aromatic heterocycles. The molecule has 138 valence electrons. The Balaban J connectivity index is 2.18. The summed E-state index contributed by atoms with van der Waals surface area (Å²) < 4.78 is 0. The summed E-state index contributed by atoms with van der Waals surface area (Å²) in [5.41, 5.74) is 7.70. The predicted octanol–water partition coefficient (Wildman–Crippen LogP) is 6.35. The molecule has 0 aliphatic heterocycles. The first-order valence-electron chi connectivity index (χ1n) is 9.52. The average Bonchev–Trinajstić information content (AvgIpc) is 2.71. The molecule has 1 heterocycles. The van der Waals surface area contributed by atoms with Gasteiger partial charge in [-0.15, -0.1) is 0 Å². The first-order valence-corrected chi connectivity index (χ1v) is 9.52. The van der Waals surface area contributed by atoms with Gasteiger partial charge in [0, 0.05) is 5.39 Å². The third kappa shape index (κ3) is 3.07. The van der Waals surface area contributed by atoms with E-state index in [1.807, 2.05) is 73.7 Å². The summed E-state index contributed by atoms with van der Waals surface area (Å²) in [7, 11) is 0. The van der Waals surface area contributed by atoms with E-state index in [4.69, 9.17) is 0 Å². The van der Waals surface area contributed by atoms with Crippen LogP contribution in [-0.4, -0.2) is 4.98 Å². The zero-order chi connectivity index (χ0) is 19.7. The fourth-order valence-corrected chi connectivity index (χ4v) is 3.86. The molecule has 4 aromatic rings. The number of hydrogen-bond donors (Lipinski definition) is 1. The van der Waals surface area contributed by atoms with Crippen LogP contribution in [0.3, 0.4) is 0 Å². The van der Waals surface area contributed by atoms with Gasteiger partial charge in [-0.3, -0.25) is 4.79 Å². The minimum atomic E-state index is 0.0748. The molecule has 0 spiro atoms. The molecule has 2 heteroatoms. The third-order valence-corrected chi connectivity index (χ3v) is 5.11. The highest BCUT2D eigenvalue weighted by atomic mass is 16.1. The molecule has 1 N–H and O–H groups in total. The Morgan fingerprint density at radius 1 is 0.786 bits per heavy atom. The maximum Gasteiger partial charge on any atom is 0.198 e. The lowest BCUT2D eigenvalue weighted by molar-refractivity contribution is 1.30. The summed E-state index contributed by atoms with van der Waals surface area (Å²) in [6.07, 6.45) is 0. The molecule has 0 bridgehead atoms. The maximum atomic E-state index is 13.8. The monoisotopic (exact) mass is 365 g/mol. The van der Waals surface area contributed by atoms with Crippen molar-refractivity contribution in [2.45, 2.75) is 20.8 Å². The van der Waals surface area contributed by atoms with Crippen molar-refractivity contribution in [3.63, 3.8) is 0 Å². The minimum Gasteiger partial charge on any atom is -0.354 e. The Hall–Kier alpha value is -3.39. The van der Waals surface area contributed by atoms with Crippen molar-refractivity contribution >= 4 is 16.5 Å². The van der Waals surface area contributed by atoms with Crippen molar-refractivity contribution in [1.29, 1.82) is 0 Å². The number of allylic oxidation sites excluding steroid dienone is 1. The lowest BCUT2D eigenvalue weighted by atomic mass is 9.89. The van der Waals surface area contributed by atoms with Gasteiger partial charge in [0.1, 0.15) is 0 Å². The molecule has 0 unspecified atom stereocenters. The van der Waals surface area contributed by atoms with Gasteiger partial charge in [0.15, 0.2) is 5.43 Å². The Labute approximate surface area is 165 Å². The Morgan fingerprint density at radius 3 is 2.07 bits per heavy atom. The van der Waals surface area contributed by atoms with Gasteiger partial charge < -0.3 is 4.98 Å². The minimum absolute atomic E-state index is 0.0748. The second-order valence-corrected chi connectivity index (χ2v) is 7.31. The second-order valence-electron chi connectivity index (χ2n) is 7.31. The van der Waals surface area contributed by atoms with Crippen LogP contribution in [0.5, 0.6) is 0 Å². The van der Waals surface area contributed by atoms with Crippen molar-refractivity contribution in [3.05, 3.63) is 111 Å². The zero-order valence-electron chi connectivity index (χ0n) is 16.4. The van der Waals surface area contributed by atoms with Gasteiger partial charge in [0.2, 0.25) is 0 Å². The summed E-state index contributed by atoms with van der Waals surface area (Å²) in [6.45, 7) is 6.13. The van der Waals surface area contributed by atoms with E-state index in [0.717, 1.165) is 50.0 Å². The molecule has 0 fully saturated rings. The number of aromatic nitrogens is 1. The zero-order valence-corrected chi connectivity index (χ0v) is 16.4. The predicted molar refractivity (Wildman–Crippen MR) is 119 cm³/mol. The number of H-pyrrole nitrogens is 1. The fourth-order valence-electron chi connectivity index (χ4n) is 3.86. The summed E-state index contributed by atoms with van der Waals surface area (Å²) >= 11 is 0. The summed E-state index contributed by atoms with van der Waals surface area (Å²) in [5, 5.41) is 0.756. The topological polar surface area (TPSA) is 32.9 Å². The molecular formula is C26H23NO. The highest BCUT2D eigenvalue weighted by Gasteiger charge is 2.20. The average molecular weight is 365 g/mol. The van der Waals surface area contributed by atoms with Crippen LogP contribution in [0.15, 0.2) is 89.2 Å². The van der Waals surface area contributed by atoms with Crippen LogP contribution in [-0.2, 0) is 0 Å². The van der Waals surface area contributed by atoms with E-state index < -0.39 is 0 Å². The number of aryl methyl sites for hydroxylation is 1. The molecule has 0 saturated heterocycles. The van der Waals surface area contributed by atoms with E-state index in [1.54, 1.807) is 0 Å². The van der Waals surface area contributed by atoms with Crippen LogP contribution < -0.4 is 5.43 Å². The lowest BCUT2D eigenvalue weighted by Crippen LogP contribution is -2.15. The van der Waals surface area contributed by atoms with Crippen LogP contribution >= 0.6 is 0 Å². The Kier molecular flexibility index (Phi) is 4.70. The van der Waals surface area contributed by atoms with Crippen molar-refractivity contribution < 1.29 is 0 Å². The van der Waals surface area contributed by atoms with E-state index in [-0.39, 0.29) is 5.43 Å². The molecule has 28 heavy (non-hydrogen) atoms. The van der Waals surface area contributed by atoms with E-state index in [1.165, 1.54) is 0 Å². The molecule has 0 aliphatic rings. The van der Waals surface area contributed by atoms with Crippen molar-refractivity contribution in [2.75, 3.05) is 0 Å². The van der Waals surface area contributed by atoms with E-state index in [0.29, 0.717) is 0 Å². The van der Waals surface area contributed by atoms with E-state index >= 15 is 0 Å². The summed E-state index contributed by atoms with van der Waals surface area (Å²) in [6, 6.07) is 26.2. The normalized spacial score (nSPS) is 10.8. The molecule has 4 rings (SSSR count). The van der Waals surface area contributed by atoms with Gasteiger partial charge in [-0.05, 0) is 49.1 Å². The highest BCUT2D eigenvalue weighted by Crippen LogP contribution is 2.33. The molecular weight excluding hydrogens is 342 g/mol. The Morgan fingerprint density at radius 2 is 1.43 bits per heavy atom. The summed E-state index contributed by atoms with van der Waals surface area (Å²) in [5.74, 6) is 0. The number of aromatic amines is 1. The standard InChI is InChI=1S/C26H23NO/c1-17(2)22(19-12-6-4-7-13-19)24-25(20-14-8-5-9-15-20)27-21-16-10-11-18(3)23(21)26(24)28/h4-16H,1-3H3,(H,27,28).